The van der Waals surface area contributed by atoms with Crippen LogP contribution in [0.15, 0.2) is 41.1 Å². The molecule has 0 N–H and O–H groups in total. The van der Waals surface area contributed by atoms with Gasteiger partial charge < -0.3 is 23.5 Å². The minimum atomic E-state index is 0.306. The van der Waals surface area contributed by atoms with Crippen LogP contribution >= 0.6 is 0 Å². The van der Waals surface area contributed by atoms with Crippen LogP contribution in [-0.4, -0.2) is 38.6 Å². The van der Waals surface area contributed by atoms with Gasteiger partial charge in [-0.1, -0.05) is 17.3 Å². The largest absolute Gasteiger partial charge is 0.497 e. The summed E-state index contributed by atoms with van der Waals surface area (Å²) in [5, 5.41) is 4.09. The highest BCUT2D eigenvalue weighted by Gasteiger charge is 2.20. The first-order chi connectivity index (χ1) is 12.2. The minimum Gasteiger partial charge on any atom is -0.497 e. The number of benzene rings is 1. The fourth-order valence-corrected chi connectivity index (χ4v) is 2.48. The molecule has 0 fully saturated rings. The van der Waals surface area contributed by atoms with E-state index in [2.05, 4.69) is 10.1 Å². The Bertz CT molecular complexity index is 833. The first-order valence-electron chi connectivity index (χ1n) is 7.48. The van der Waals surface area contributed by atoms with Crippen molar-refractivity contribution in [1.29, 1.82) is 0 Å². The molecule has 0 aliphatic carbocycles. The summed E-state index contributed by atoms with van der Waals surface area (Å²) in [6.45, 7) is 0. The SMILES string of the molecule is COc1ccc(-c2conc2-c2cc(OC)c(OC)c(OC)n2)cc1. The van der Waals surface area contributed by atoms with Gasteiger partial charge in [-0.2, -0.15) is 0 Å². The van der Waals surface area contributed by atoms with Gasteiger partial charge in [0.15, 0.2) is 5.75 Å². The molecular formula is C18H18N2O5. The molecule has 0 unspecified atom stereocenters. The topological polar surface area (TPSA) is 75.8 Å². The van der Waals surface area contributed by atoms with E-state index in [1.807, 2.05) is 24.3 Å². The van der Waals surface area contributed by atoms with E-state index in [0.29, 0.717) is 28.8 Å². The monoisotopic (exact) mass is 342 g/mol. The molecule has 1 aromatic carbocycles. The Morgan fingerprint density at radius 2 is 1.64 bits per heavy atom. The number of ether oxygens (including phenoxy) is 4. The molecule has 0 spiro atoms. The van der Waals surface area contributed by atoms with Gasteiger partial charge in [0.2, 0.25) is 5.75 Å². The van der Waals surface area contributed by atoms with E-state index in [1.54, 1.807) is 26.5 Å². The number of hydrogen-bond donors (Lipinski definition) is 0. The van der Waals surface area contributed by atoms with Crippen LogP contribution in [0.5, 0.6) is 23.1 Å². The van der Waals surface area contributed by atoms with Crippen LogP contribution in [0, 0.1) is 0 Å². The van der Waals surface area contributed by atoms with Gasteiger partial charge in [-0.25, -0.2) is 4.98 Å². The number of pyridine rings is 1. The van der Waals surface area contributed by atoms with E-state index in [0.717, 1.165) is 16.9 Å². The van der Waals surface area contributed by atoms with Gasteiger partial charge in [0.25, 0.3) is 5.88 Å². The van der Waals surface area contributed by atoms with Gasteiger partial charge in [0, 0.05) is 6.07 Å². The van der Waals surface area contributed by atoms with Crippen LogP contribution in [0.4, 0.5) is 0 Å². The molecule has 3 rings (SSSR count). The fraction of sp³-hybridized carbons (Fsp3) is 0.222. The molecular weight excluding hydrogens is 324 g/mol. The standard InChI is InChI=1S/C18H18N2O5/c1-21-12-7-5-11(6-8-12)13-10-25-20-16(13)14-9-15(22-2)17(23-3)18(19-14)24-4/h5-10H,1-4H3. The Balaban J connectivity index is 2.10. The summed E-state index contributed by atoms with van der Waals surface area (Å²) in [5.41, 5.74) is 2.84. The normalized spacial score (nSPS) is 10.4. The first kappa shape index (κ1) is 16.6. The van der Waals surface area contributed by atoms with Crippen LogP contribution in [0.2, 0.25) is 0 Å². The second-order valence-corrected chi connectivity index (χ2v) is 5.06. The highest BCUT2D eigenvalue weighted by Crippen LogP contribution is 2.40. The summed E-state index contributed by atoms with van der Waals surface area (Å²) in [4.78, 5) is 4.46. The van der Waals surface area contributed by atoms with E-state index in [4.69, 9.17) is 23.5 Å². The van der Waals surface area contributed by atoms with E-state index in [9.17, 15) is 0 Å². The van der Waals surface area contributed by atoms with Crippen LogP contribution in [-0.2, 0) is 0 Å². The molecule has 0 atom stereocenters. The third-order valence-corrected chi connectivity index (χ3v) is 3.74. The third-order valence-electron chi connectivity index (χ3n) is 3.74. The molecule has 0 saturated heterocycles. The number of nitrogens with zero attached hydrogens (tertiary/aromatic N) is 2. The van der Waals surface area contributed by atoms with Crippen LogP contribution in [0.3, 0.4) is 0 Å². The Kier molecular flexibility index (Phi) is 4.74. The lowest BCUT2D eigenvalue weighted by atomic mass is 10.0. The average Bonchev–Trinajstić information content (AvgIpc) is 3.16. The van der Waals surface area contributed by atoms with Gasteiger partial charge in [-0.15, -0.1) is 0 Å². The Morgan fingerprint density at radius 3 is 2.24 bits per heavy atom. The molecule has 2 heterocycles. The molecule has 2 aromatic heterocycles. The van der Waals surface area contributed by atoms with Gasteiger partial charge in [0.05, 0.1) is 34.0 Å². The average molecular weight is 342 g/mol. The highest BCUT2D eigenvalue weighted by atomic mass is 16.5. The molecule has 0 radical (unpaired) electrons. The molecule has 0 aliphatic heterocycles. The number of rotatable bonds is 6. The van der Waals surface area contributed by atoms with Gasteiger partial charge in [-0.05, 0) is 17.7 Å². The van der Waals surface area contributed by atoms with Crippen molar-refractivity contribution in [3.05, 3.63) is 36.6 Å². The molecule has 7 nitrogen and oxygen atoms in total. The zero-order chi connectivity index (χ0) is 17.8. The molecule has 130 valence electrons. The van der Waals surface area contributed by atoms with Crippen molar-refractivity contribution >= 4 is 0 Å². The smallest absolute Gasteiger partial charge is 0.261 e. The first-order valence-corrected chi connectivity index (χ1v) is 7.48. The predicted octanol–water partition coefficient (Wildman–Crippen LogP) is 3.44. The maximum absolute atomic E-state index is 5.37. The summed E-state index contributed by atoms with van der Waals surface area (Å²) in [6, 6.07) is 9.31. The molecule has 0 aliphatic rings. The van der Waals surface area contributed by atoms with E-state index in [1.165, 1.54) is 14.2 Å². The Hall–Kier alpha value is -3.22. The van der Waals surface area contributed by atoms with Crippen LogP contribution in [0.1, 0.15) is 0 Å². The van der Waals surface area contributed by atoms with Crippen molar-refractivity contribution < 1.29 is 23.5 Å². The van der Waals surface area contributed by atoms with Gasteiger partial charge >= 0.3 is 0 Å². The molecule has 3 aromatic rings. The Labute approximate surface area is 145 Å². The number of hydrogen-bond acceptors (Lipinski definition) is 7. The van der Waals surface area contributed by atoms with Crippen molar-refractivity contribution in [3.63, 3.8) is 0 Å². The van der Waals surface area contributed by atoms with Crippen molar-refractivity contribution in [2.45, 2.75) is 0 Å². The van der Waals surface area contributed by atoms with E-state index >= 15 is 0 Å². The van der Waals surface area contributed by atoms with Crippen molar-refractivity contribution in [3.8, 4) is 45.6 Å². The van der Waals surface area contributed by atoms with Crippen molar-refractivity contribution in [2.24, 2.45) is 0 Å². The fourth-order valence-electron chi connectivity index (χ4n) is 2.48. The lowest BCUT2D eigenvalue weighted by molar-refractivity contribution is 0.316. The van der Waals surface area contributed by atoms with Crippen molar-refractivity contribution in [1.82, 2.24) is 10.1 Å². The van der Waals surface area contributed by atoms with Crippen LogP contribution in [0.25, 0.3) is 22.5 Å². The van der Waals surface area contributed by atoms with E-state index in [-0.39, 0.29) is 0 Å². The van der Waals surface area contributed by atoms with Crippen molar-refractivity contribution in [2.75, 3.05) is 28.4 Å². The molecule has 7 heteroatoms. The summed E-state index contributed by atoms with van der Waals surface area (Å²) < 4.78 is 26.3. The lowest BCUT2D eigenvalue weighted by Crippen LogP contribution is -1.99. The molecule has 0 amide bonds. The van der Waals surface area contributed by atoms with E-state index < -0.39 is 0 Å². The maximum atomic E-state index is 5.37. The molecule has 0 bridgehead atoms. The second-order valence-electron chi connectivity index (χ2n) is 5.06. The Morgan fingerprint density at radius 1 is 0.880 bits per heavy atom. The lowest BCUT2D eigenvalue weighted by Gasteiger charge is -2.12. The summed E-state index contributed by atoms with van der Waals surface area (Å²) in [6.07, 6.45) is 1.57. The van der Waals surface area contributed by atoms with Gasteiger partial charge in [0.1, 0.15) is 23.4 Å². The third kappa shape index (κ3) is 3.08. The highest BCUT2D eigenvalue weighted by molar-refractivity contribution is 5.79. The molecule has 0 saturated carbocycles. The quantitative estimate of drug-likeness (QED) is 0.679. The number of methoxy groups -OCH3 is 4. The maximum Gasteiger partial charge on any atom is 0.261 e. The summed E-state index contributed by atoms with van der Waals surface area (Å²) >= 11 is 0. The molecule has 25 heavy (non-hydrogen) atoms. The zero-order valence-corrected chi connectivity index (χ0v) is 14.4. The van der Waals surface area contributed by atoms with Crippen LogP contribution < -0.4 is 18.9 Å². The van der Waals surface area contributed by atoms with Gasteiger partial charge in [-0.3, -0.25) is 0 Å². The summed E-state index contributed by atoms with van der Waals surface area (Å²) in [5.74, 6) is 1.99. The predicted molar refractivity (Wildman–Crippen MR) is 91.4 cm³/mol. The number of aromatic nitrogens is 2. The second kappa shape index (κ2) is 7.12. The summed E-state index contributed by atoms with van der Waals surface area (Å²) in [7, 11) is 6.22. The zero-order valence-electron chi connectivity index (χ0n) is 14.4. The minimum absolute atomic E-state index is 0.306.